The van der Waals surface area contributed by atoms with Gasteiger partial charge < -0.3 is 5.32 Å². The van der Waals surface area contributed by atoms with Gasteiger partial charge >= 0.3 is 6.18 Å². The van der Waals surface area contributed by atoms with Gasteiger partial charge in [-0.15, -0.1) is 0 Å². The molecule has 0 aliphatic rings. The molecule has 0 amide bonds. The minimum Gasteiger partial charge on any atom is -0.367 e. The van der Waals surface area contributed by atoms with Gasteiger partial charge in [-0.05, 0) is 25.5 Å². The highest BCUT2D eigenvalue weighted by Crippen LogP contribution is 2.30. The van der Waals surface area contributed by atoms with E-state index >= 15 is 0 Å². The van der Waals surface area contributed by atoms with Crippen molar-refractivity contribution < 1.29 is 21.6 Å². The summed E-state index contributed by atoms with van der Waals surface area (Å²) in [7, 11) is -3.16. The van der Waals surface area contributed by atoms with Gasteiger partial charge in [-0.25, -0.2) is 18.4 Å². The molecular formula is C15H17F3N4O2S. The van der Waals surface area contributed by atoms with Gasteiger partial charge in [0, 0.05) is 24.6 Å². The Morgan fingerprint density at radius 3 is 2.52 bits per heavy atom. The van der Waals surface area contributed by atoms with Crippen molar-refractivity contribution in [2.45, 2.75) is 25.6 Å². The number of alkyl halides is 3. The summed E-state index contributed by atoms with van der Waals surface area (Å²) in [6, 6.07) is 5.16. The number of nitrogens with one attached hydrogen (secondary N) is 1. The fourth-order valence-electron chi connectivity index (χ4n) is 1.99. The lowest BCUT2D eigenvalue weighted by Crippen LogP contribution is -2.21. The van der Waals surface area contributed by atoms with Gasteiger partial charge in [-0.3, -0.25) is 4.98 Å². The Hall–Kier alpha value is -2.23. The zero-order valence-electron chi connectivity index (χ0n) is 13.6. The zero-order valence-corrected chi connectivity index (χ0v) is 14.4. The number of rotatable bonds is 6. The third-order valence-corrected chi connectivity index (χ3v) is 4.20. The Balaban J connectivity index is 2.31. The molecule has 6 nitrogen and oxygen atoms in total. The molecule has 2 aromatic rings. The summed E-state index contributed by atoms with van der Waals surface area (Å²) >= 11 is 0. The Bertz CT molecular complexity index is 826. The van der Waals surface area contributed by atoms with Crippen molar-refractivity contribution in [3.8, 4) is 11.5 Å². The van der Waals surface area contributed by atoms with Gasteiger partial charge in [-0.2, -0.15) is 13.2 Å². The van der Waals surface area contributed by atoms with Crippen LogP contribution in [0.4, 0.5) is 19.0 Å². The van der Waals surface area contributed by atoms with E-state index in [0.29, 0.717) is 0 Å². The smallest absolute Gasteiger partial charge is 0.367 e. The van der Waals surface area contributed by atoms with Crippen LogP contribution >= 0.6 is 0 Å². The van der Waals surface area contributed by atoms with Crippen molar-refractivity contribution in [3.63, 3.8) is 0 Å². The first-order valence-corrected chi connectivity index (χ1v) is 9.42. The van der Waals surface area contributed by atoms with E-state index < -0.39 is 21.7 Å². The maximum absolute atomic E-state index is 13.1. The second kappa shape index (κ2) is 7.34. The van der Waals surface area contributed by atoms with Crippen molar-refractivity contribution in [1.29, 1.82) is 0 Å². The van der Waals surface area contributed by atoms with Crippen LogP contribution in [0.3, 0.4) is 0 Å². The minimum absolute atomic E-state index is 0.0380. The second-order valence-electron chi connectivity index (χ2n) is 5.64. The van der Waals surface area contributed by atoms with Crippen LogP contribution in [0.15, 0.2) is 30.5 Å². The summed E-state index contributed by atoms with van der Waals surface area (Å²) < 4.78 is 61.7. The van der Waals surface area contributed by atoms with Crippen molar-refractivity contribution >= 4 is 15.7 Å². The molecule has 10 heteroatoms. The van der Waals surface area contributed by atoms with Crippen LogP contribution in [0.2, 0.25) is 0 Å². The number of aromatic nitrogens is 3. The SMILES string of the molecule is CC(CCS(C)(=O)=O)Nc1cc(C(F)(F)F)nc(-c2ccccn2)n1. The van der Waals surface area contributed by atoms with Gasteiger partial charge in [0.1, 0.15) is 21.3 Å². The number of anilines is 1. The Morgan fingerprint density at radius 2 is 1.96 bits per heavy atom. The predicted octanol–water partition coefficient (Wildman–Crippen LogP) is 2.79. The molecule has 2 rings (SSSR count). The van der Waals surface area contributed by atoms with Gasteiger partial charge in [0.2, 0.25) is 0 Å². The van der Waals surface area contributed by atoms with E-state index in [0.717, 1.165) is 12.3 Å². The van der Waals surface area contributed by atoms with Gasteiger partial charge in [0.05, 0.1) is 5.75 Å². The lowest BCUT2D eigenvalue weighted by Gasteiger charge is -2.16. The maximum Gasteiger partial charge on any atom is 0.433 e. The molecule has 0 radical (unpaired) electrons. The number of halogens is 3. The Labute approximate surface area is 143 Å². The highest BCUT2D eigenvalue weighted by molar-refractivity contribution is 7.90. The van der Waals surface area contributed by atoms with Crippen LogP contribution in [0.25, 0.3) is 11.5 Å². The van der Waals surface area contributed by atoms with Crippen LogP contribution in [0.5, 0.6) is 0 Å². The molecule has 0 aromatic carbocycles. The predicted molar refractivity (Wildman–Crippen MR) is 87.7 cm³/mol. The van der Waals surface area contributed by atoms with E-state index in [-0.39, 0.29) is 35.6 Å². The first kappa shape index (κ1) is 19.1. The van der Waals surface area contributed by atoms with Crippen molar-refractivity contribution in [1.82, 2.24) is 15.0 Å². The van der Waals surface area contributed by atoms with E-state index in [1.54, 1.807) is 19.1 Å². The average Bonchev–Trinajstić information content (AvgIpc) is 2.52. The number of hydrogen-bond acceptors (Lipinski definition) is 6. The summed E-state index contributed by atoms with van der Waals surface area (Å²) in [4.78, 5) is 11.6. The largest absolute Gasteiger partial charge is 0.433 e. The highest BCUT2D eigenvalue weighted by atomic mass is 32.2. The van der Waals surface area contributed by atoms with Gasteiger partial charge in [0.15, 0.2) is 11.5 Å². The van der Waals surface area contributed by atoms with E-state index in [2.05, 4.69) is 20.3 Å². The molecule has 1 N–H and O–H groups in total. The summed E-state index contributed by atoms with van der Waals surface area (Å²) in [5.74, 6) is -0.275. The van der Waals surface area contributed by atoms with E-state index in [1.807, 2.05) is 0 Å². The van der Waals surface area contributed by atoms with Crippen LogP contribution in [0.1, 0.15) is 19.0 Å². The molecular weight excluding hydrogens is 357 g/mol. The molecule has 1 atom stereocenters. The summed E-state index contributed by atoms with van der Waals surface area (Å²) in [5.41, 5.74) is -0.888. The molecule has 1 unspecified atom stereocenters. The normalized spacial score (nSPS) is 13.5. The minimum atomic E-state index is -4.64. The summed E-state index contributed by atoms with van der Waals surface area (Å²) in [5, 5.41) is 2.79. The monoisotopic (exact) mass is 374 g/mol. The first-order chi connectivity index (χ1) is 11.5. The van der Waals surface area contributed by atoms with Crippen molar-refractivity contribution in [3.05, 3.63) is 36.2 Å². The fraction of sp³-hybridized carbons (Fsp3) is 0.400. The van der Waals surface area contributed by atoms with E-state index in [9.17, 15) is 21.6 Å². The molecule has 2 aromatic heterocycles. The molecule has 0 aliphatic heterocycles. The van der Waals surface area contributed by atoms with E-state index in [4.69, 9.17) is 0 Å². The Kier molecular flexibility index (Phi) is 5.61. The van der Waals surface area contributed by atoms with Crippen LogP contribution in [0, 0.1) is 0 Å². The van der Waals surface area contributed by atoms with Crippen LogP contribution in [-0.2, 0) is 16.0 Å². The van der Waals surface area contributed by atoms with Crippen molar-refractivity contribution in [2.75, 3.05) is 17.3 Å². The number of hydrogen-bond donors (Lipinski definition) is 1. The number of sulfone groups is 1. The molecule has 0 fully saturated rings. The third-order valence-electron chi connectivity index (χ3n) is 3.23. The van der Waals surface area contributed by atoms with Crippen LogP contribution < -0.4 is 5.32 Å². The lowest BCUT2D eigenvalue weighted by atomic mass is 10.2. The lowest BCUT2D eigenvalue weighted by molar-refractivity contribution is -0.141. The molecule has 0 spiro atoms. The molecule has 0 bridgehead atoms. The molecule has 25 heavy (non-hydrogen) atoms. The maximum atomic E-state index is 13.1. The summed E-state index contributed by atoms with van der Waals surface area (Å²) in [6.45, 7) is 1.67. The van der Waals surface area contributed by atoms with Crippen molar-refractivity contribution in [2.24, 2.45) is 0 Å². The zero-order chi connectivity index (χ0) is 18.7. The topological polar surface area (TPSA) is 84.8 Å². The standard InChI is InChI=1S/C15H17F3N4O2S/c1-10(6-8-25(2,23)24)20-13-9-12(15(16,17)18)21-14(22-13)11-5-3-4-7-19-11/h3-5,7,9-10H,6,8H2,1-2H3,(H,20,21,22). The average molecular weight is 374 g/mol. The second-order valence-corrected chi connectivity index (χ2v) is 7.90. The molecule has 0 saturated heterocycles. The molecule has 2 heterocycles. The molecule has 0 aliphatic carbocycles. The van der Waals surface area contributed by atoms with E-state index in [1.165, 1.54) is 12.3 Å². The fourth-order valence-corrected chi connectivity index (χ4v) is 2.77. The first-order valence-electron chi connectivity index (χ1n) is 7.36. The molecule has 136 valence electrons. The van der Waals surface area contributed by atoms with Crippen LogP contribution in [-0.4, -0.2) is 41.4 Å². The molecule has 0 saturated carbocycles. The third kappa shape index (κ3) is 5.96. The quantitative estimate of drug-likeness (QED) is 0.837. The number of pyridine rings is 1. The Morgan fingerprint density at radius 1 is 1.24 bits per heavy atom. The van der Waals surface area contributed by atoms with Gasteiger partial charge in [-0.1, -0.05) is 6.07 Å². The highest BCUT2D eigenvalue weighted by Gasteiger charge is 2.34. The summed E-state index contributed by atoms with van der Waals surface area (Å²) in [6.07, 6.45) is -1.87. The van der Waals surface area contributed by atoms with Gasteiger partial charge in [0.25, 0.3) is 0 Å². The number of nitrogens with zero attached hydrogens (tertiary/aromatic N) is 3.